The fraction of sp³-hybridized carbons (Fsp3) is 0.235. The van der Waals surface area contributed by atoms with Gasteiger partial charge in [0.05, 0.1) is 4.90 Å². The lowest BCUT2D eigenvalue weighted by molar-refractivity contribution is 0.0989. The monoisotopic (exact) mass is 364 g/mol. The molecular formula is C17H17ClN2O3S. The zero-order valence-corrected chi connectivity index (χ0v) is 14.5. The molecule has 2 aromatic rings. The molecule has 1 heterocycles. The number of rotatable bonds is 4. The van der Waals surface area contributed by atoms with E-state index in [4.69, 9.17) is 16.4 Å². The van der Waals surface area contributed by atoms with Crippen molar-refractivity contribution in [3.63, 3.8) is 0 Å². The summed E-state index contributed by atoms with van der Waals surface area (Å²) in [4.78, 5) is 14.5. The molecular weight excluding hydrogens is 348 g/mol. The lowest BCUT2D eigenvalue weighted by atomic mass is 10.1. The summed E-state index contributed by atoms with van der Waals surface area (Å²) in [5.74, 6) is -0.103. The largest absolute Gasteiger partial charge is 0.330 e. The Hall–Kier alpha value is -1.89. The number of carbonyl (C=O) groups excluding carboxylic acids is 1. The van der Waals surface area contributed by atoms with E-state index in [-0.39, 0.29) is 10.8 Å². The van der Waals surface area contributed by atoms with E-state index in [1.165, 1.54) is 12.1 Å². The number of hydrogen-bond acceptors (Lipinski definition) is 4. The molecule has 0 saturated heterocycles. The Balaban J connectivity index is 1.91. The fourth-order valence-electron chi connectivity index (χ4n) is 2.92. The van der Waals surface area contributed by atoms with Crippen LogP contribution >= 0.6 is 10.7 Å². The van der Waals surface area contributed by atoms with Gasteiger partial charge in [-0.15, -0.1) is 0 Å². The van der Waals surface area contributed by atoms with Crippen molar-refractivity contribution in [3.05, 3.63) is 59.2 Å². The van der Waals surface area contributed by atoms with Crippen LogP contribution in [-0.4, -0.2) is 27.4 Å². The summed E-state index contributed by atoms with van der Waals surface area (Å²) in [6, 6.07) is 12.0. The van der Waals surface area contributed by atoms with Gasteiger partial charge in [-0.1, -0.05) is 12.1 Å². The van der Waals surface area contributed by atoms with E-state index >= 15 is 0 Å². The quantitative estimate of drug-likeness (QED) is 0.844. The van der Waals surface area contributed by atoms with Crippen molar-refractivity contribution >= 4 is 31.3 Å². The molecule has 0 aromatic heterocycles. The van der Waals surface area contributed by atoms with Gasteiger partial charge >= 0.3 is 0 Å². The minimum atomic E-state index is -3.77. The van der Waals surface area contributed by atoms with Gasteiger partial charge in [-0.2, -0.15) is 0 Å². The zero-order valence-electron chi connectivity index (χ0n) is 12.9. The van der Waals surface area contributed by atoms with Crippen LogP contribution in [0.4, 0.5) is 5.69 Å². The normalized spacial score (nSPS) is 13.8. The summed E-state index contributed by atoms with van der Waals surface area (Å²) in [6.45, 7) is 1.04. The van der Waals surface area contributed by atoms with Crippen molar-refractivity contribution in [1.82, 2.24) is 0 Å². The standard InChI is InChI=1S/C17H17ClN2O3S/c18-24(22,23)15-4-5-16-13(11-15)7-9-20(16)17(21)14-3-1-2-12(10-14)6-8-19/h1-5,10-11H,6-9,19H2. The highest BCUT2D eigenvalue weighted by Gasteiger charge is 2.27. The molecule has 1 aliphatic heterocycles. The highest BCUT2D eigenvalue weighted by molar-refractivity contribution is 8.13. The van der Waals surface area contributed by atoms with E-state index in [9.17, 15) is 13.2 Å². The van der Waals surface area contributed by atoms with Gasteiger partial charge in [0.25, 0.3) is 15.0 Å². The number of carbonyl (C=O) groups is 1. The lowest BCUT2D eigenvalue weighted by Crippen LogP contribution is -2.29. The number of halogens is 1. The van der Waals surface area contributed by atoms with Crippen molar-refractivity contribution in [2.75, 3.05) is 18.0 Å². The van der Waals surface area contributed by atoms with Crippen LogP contribution in [0.3, 0.4) is 0 Å². The van der Waals surface area contributed by atoms with Crippen LogP contribution in [0, 0.1) is 0 Å². The highest BCUT2D eigenvalue weighted by Crippen LogP contribution is 2.32. The SMILES string of the molecule is NCCc1cccc(C(=O)N2CCc3cc(S(=O)(=O)Cl)ccc32)c1. The average Bonchev–Trinajstić information content (AvgIpc) is 2.97. The van der Waals surface area contributed by atoms with Gasteiger partial charge in [-0.25, -0.2) is 8.42 Å². The van der Waals surface area contributed by atoms with Crippen LogP contribution in [0.25, 0.3) is 0 Å². The summed E-state index contributed by atoms with van der Waals surface area (Å²) in [7, 11) is 1.61. The van der Waals surface area contributed by atoms with Crippen molar-refractivity contribution in [1.29, 1.82) is 0 Å². The van der Waals surface area contributed by atoms with Gasteiger partial charge in [-0.05, 0) is 60.8 Å². The molecule has 0 atom stereocenters. The maximum Gasteiger partial charge on any atom is 0.261 e. The molecule has 2 N–H and O–H groups in total. The van der Waals surface area contributed by atoms with Crippen LogP contribution in [0.5, 0.6) is 0 Å². The summed E-state index contributed by atoms with van der Waals surface area (Å²) >= 11 is 0. The van der Waals surface area contributed by atoms with E-state index < -0.39 is 9.05 Å². The number of anilines is 1. The molecule has 0 unspecified atom stereocenters. The van der Waals surface area contributed by atoms with Gasteiger partial charge < -0.3 is 10.6 Å². The molecule has 3 rings (SSSR count). The average molecular weight is 365 g/mol. The summed E-state index contributed by atoms with van der Waals surface area (Å²) < 4.78 is 22.9. The van der Waals surface area contributed by atoms with Gasteiger partial charge in [0.2, 0.25) is 0 Å². The lowest BCUT2D eigenvalue weighted by Gasteiger charge is -2.18. The first kappa shape index (κ1) is 17.0. The van der Waals surface area contributed by atoms with E-state index in [0.29, 0.717) is 31.5 Å². The molecule has 0 spiro atoms. The molecule has 0 saturated carbocycles. The van der Waals surface area contributed by atoms with Crippen molar-refractivity contribution < 1.29 is 13.2 Å². The smallest absolute Gasteiger partial charge is 0.261 e. The Morgan fingerprint density at radius 2 is 2.00 bits per heavy atom. The minimum absolute atomic E-state index is 0.0576. The van der Waals surface area contributed by atoms with Crippen LogP contribution in [-0.2, 0) is 21.9 Å². The van der Waals surface area contributed by atoms with Crippen LogP contribution < -0.4 is 10.6 Å². The minimum Gasteiger partial charge on any atom is -0.330 e. The second-order valence-electron chi connectivity index (χ2n) is 5.67. The van der Waals surface area contributed by atoms with Crippen molar-refractivity contribution in [2.45, 2.75) is 17.7 Å². The molecule has 1 aliphatic rings. The maximum atomic E-state index is 12.8. The summed E-state index contributed by atoms with van der Waals surface area (Å²) in [6.07, 6.45) is 1.32. The molecule has 1 amide bonds. The molecule has 0 aliphatic carbocycles. The zero-order chi connectivity index (χ0) is 17.3. The third-order valence-electron chi connectivity index (χ3n) is 4.08. The van der Waals surface area contributed by atoms with Crippen LogP contribution in [0.2, 0.25) is 0 Å². The van der Waals surface area contributed by atoms with E-state index in [1.807, 2.05) is 18.2 Å². The molecule has 0 radical (unpaired) electrons. The topological polar surface area (TPSA) is 80.5 Å². The third-order valence-corrected chi connectivity index (χ3v) is 5.43. The predicted molar refractivity (Wildman–Crippen MR) is 94.1 cm³/mol. The van der Waals surface area contributed by atoms with E-state index in [0.717, 1.165) is 16.8 Å². The summed E-state index contributed by atoms with van der Waals surface area (Å²) in [5, 5.41) is 0. The molecule has 126 valence electrons. The van der Waals surface area contributed by atoms with E-state index in [2.05, 4.69) is 0 Å². The first-order valence-corrected chi connectivity index (χ1v) is 9.89. The Morgan fingerprint density at radius 3 is 2.71 bits per heavy atom. The Kier molecular flexibility index (Phi) is 4.62. The van der Waals surface area contributed by atoms with Crippen molar-refractivity contribution in [3.8, 4) is 0 Å². The first-order chi connectivity index (χ1) is 11.4. The summed E-state index contributed by atoms with van der Waals surface area (Å²) in [5.41, 5.74) is 8.72. The third kappa shape index (κ3) is 3.31. The first-order valence-electron chi connectivity index (χ1n) is 7.58. The molecule has 5 nitrogen and oxygen atoms in total. The molecule has 24 heavy (non-hydrogen) atoms. The van der Waals surface area contributed by atoms with Gasteiger partial charge in [-0.3, -0.25) is 4.79 Å². The molecule has 7 heteroatoms. The Labute approximate surface area is 145 Å². The van der Waals surface area contributed by atoms with Gasteiger partial charge in [0.1, 0.15) is 0 Å². The number of nitrogens with zero attached hydrogens (tertiary/aromatic N) is 1. The van der Waals surface area contributed by atoms with Crippen LogP contribution in [0.15, 0.2) is 47.4 Å². The number of benzene rings is 2. The van der Waals surface area contributed by atoms with Crippen molar-refractivity contribution in [2.24, 2.45) is 5.73 Å². The molecule has 0 bridgehead atoms. The predicted octanol–water partition coefficient (Wildman–Crippen LogP) is 2.32. The number of hydrogen-bond donors (Lipinski definition) is 1. The second-order valence-corrected chi connectivity index (χ2v) is 8.24. The number of nitrogens with two attached hydrogens (primary N) is 1. The molecule has 2 aromatic carbocycles. The van der Waals surface area contributed by atoms with Gasteiger partial charge in [0.15, 0.2) is 0 Å². The Morgan fingerprint density at radius 1 is 1.21 bits per heavy atom. The second kappa shape index (κ2) is 6.55. The number of amides is 1. The number of fused-ring (bicyclic) bond motifs is 1. The fourth-order valence-corrected chi connectivity index (χ4v) is 3.72. The Bertz CT molecular complexity index is 896. The van der Waals surface area contributed by atoms with E-state index in [1.54, 1.807) is 17.0 Å². The van der Waals surface area contributed by atoms with Crippen LogP contribution in [0.1, 0.15) is 21.5 Å². The van der Waals surface area contributed by atoms with Gasteiger partial charge in [0, 0.05) is 28.5 Å². The molecule has 0 fully saturated rings. The maximum absolute atomic E-state index is 12.8. The highest BCUT2D eigenvalue weighted by atomic mass is 35.7.